The molecule has 4 rings (SSSR count). The number of Topliss-reactive ketones (excluding diaryl/α,β-unsaturated/α-hetero) is 1. The van der Waals surface area contributed by atoms with Gasteiger partial charge in [0.15, 0.2) is 11.5 Å². The first-order valence-corrected chi connectivity index (χ1v) is 10.4. The van der Waals surface area contributed by atoms with Gasteiger partial charge in [-0.3, -0.25) is 19.3 Å². The van der Waals surface area contributed by atoms with Crippen LogP contribution < -0.4 is 15.0 Å². The number of carbonyl (C=O) groups excluding carboxylic acids is 3. The number of rotatable bonds is 5. The molecule has 2 amide bonds. The average Bonchev–Trinajstić information content (AvgIpc) is 3.10. The maximum absolute atomic E-state index is 13.2. The lowest BCUT2D eigenvalue weighted by atomic mass is 9.94. The van der Waals surface area contributed by atoms with Crippen LogP contribution in [0.25, 0.3) is 5.76 Å². The van der Waals surface area contributed by atoms with E-state index in [2.05, 4.69) is 5.32 Å². The zero-order chi connectivity index (χ0) is 24.4. The van der Waals surface area contributed by atoms with Crippen molar-refractivity contribution in [2.75, 3.05) is 17.3 Å². The number of carbonyl (C=O) groups is 3. The van der Waals surface area contributed by atoms with Gasteiger partial charge in [0.25, 0.3) is 11.7 Å². The van der Waals surface area contributed by atoms with Gasteiger partial charge in [0.1, 0.15) is 5.76 Å². The summed E-state index contributed by atoms with van der Waals surface area (Å²) >= 11 is 0. The highest BCUT2D eigenvalue weighted by atomic mass is 16.5. The van der Waals surface area contributed by atoms with Crippen molar-refractivity contribution in [2.24, 2.45) is 0 Å². The lowest BCUT2D eigenvalue weighted by molar-refractivity contribution is -0.132. The van der Waals surface area contributed by atoms with Crippen LogP contribution >= 0.6 is 0 Å². The molecular weight excluding hydrogens is 436 g/mol. The van der Waals surface area contributed by atoms with E-state index in [0.717, 1.165) is 0 Å². The minimum atomic E-state index is -0.985. The fraction of sp³-hybridized carbons (Fsp3) is 0.115. The maximum atomic E-state index is 13.2. The minimum Gasteiger partial charge on any atom is -0.507 e. The van der Waals surface area contributed by atoms with E-state index < -0.39 is 17.7 Å². The predicted molar refractivity (Wildman–Crippen MR) is 127 cm³/mol. The van der Waals surface area contributed by atoms with Crippen molar-refractivity contribution in [1.82, 2.24) is 0 Å². The van der Waals surface area contributed by atoms with E-state index in [4.69, 9.17) is 4.74 Å². The fourth-order valence-corrected chi connectivity index (χ4v) is 3.94. The Labute approximate surface area is 195 Å². The molecule has 3 aromatic carbocycles. The minimum absolute atomic E-state index is 0.0881. The Balaban J connectivity index is 1.90. The second-order valence-electron chi connectivity index (χ2n) is 7.69. The van der Waals surface area contributed by atoms with Crippen LogP contribution in [0.2, 0.25) is 0 Å². The van der Waals surface area contributed by atoms with Crippen molar-refractivity contribution in [3.8, 4) is 11.5 Å². The molecule has 3 N–H and O–H groups in total. The summed E-state index contributed by atoms with van der Waals surface area (Å²) in [5, 5.41) is 23.8. The zero-order valence-electron chi connectivity index (χ0n) is 18.5. The number of anilines is 2. The van der Waals surface area contributed by atoms with Crippen LogP contribution in [0, 0.1) is 0 Å². The highest BCUT2D eigenvalue weighted by Crippen LogP contribution is 2.44. The summed E-state index contributed by atoms with van der Waals surface area (Å²) in [7, 11) is 1.39. The number of phenols is 1. The van der Waals surface area contributed by atoms with Crippen molar-refractivity contribution in [2.45, 2.75) is 13.0 Å². The zero-order valence-corrected chi connectivity index (χ0v) is 18.5. The summed E-state index contributed by atoms with van der Waals surface area (Å²) < 4.78 is 5.22. The van der Waals surface area contributed by atoms with Crippen molar-refractivity contribution < 1.29 is 29.3 Å². The van der Waals surface area contributed by atoms with E-state index in [-0.39, 0.29) is 28.7 Å². The number of phenolic OH excluding ortho intramolecular Hbond substituents is 1. The molecule has 1 aliphatic rings. The summed E-state index contributed by atoms with van der Waals surface area (Å²) in [6.45, 7) is 1.38. The second kappa shape index (κ2) is 9.11. The molecule has 3 aromatic rings. The molecular formula is C26H22N2O6. The summed E-state index contributed by atoms with van der Waals surface area (Å²) in [6.07, 6.45) is 0. The smallest absolute Gasteiger partial charge is 0.300 e. The molecule has 0 aromatic heterocycles. The first kappa shape index (κ1) is 22.6. The Hall–Kier alpha value is -4.59. The van der Waals surface area contributed by atoms with Crippen LogP contribution in [-0.4, -0.2) is 34.9 Å². The standard InChI is InChI=1S/C26H22N2O6/c1-15(29)27-18-9-11-19(12-10-18)28-23(17-8-13-20(30)21(14-17)34-2)22(25(32)26(28)33)24(31)16-6-4-3-5-7-16/h3-14,23,30-31H,1-2H3,(H,27,29). The average molecular weight is 458 g/mol. The second-order valence-corrected chi connectivity index (χ2v) is 7.69. The van der Waals surface area contributed by atoms with Crippen molar-refractivity contribution >= 4 is 34.7 Å². The molecule has 0 saturated carbocycles. The summed E-state index contributed by atoms with van der Waals surface area (Å²) in [5.41, 5.74) is 1.67. The van der Waals surface area contributed by atoms with Gasteiger partial charge >= 0.3 is 0 Å². The predicted octanol–water partition coefficient (Wildman–Crippen LogP) is 3.99. The molecule has 1 saturated heterocycles. The third kappa shape index (κ3) is 4.09. The van der Waals surface area contributed by atoms with Crippen LogP contribution in [0.1, 0.15) is 24.1 Å². The number of nitrogens with zero attached hydrogens (tertiary/aromatic N) is 1. The SMILES string of the molecule is COc1cc(C2C(=C(O)c3ccccc3)C(=O)C(=O)N2c2ccc(NC(C)=O)cc2)ccc1O. The van der Waals surface area contributed by atoms with E-state index in [1.165, 1.54) is 31.1 Å². The molecule has 0 radical (unpaired) electrons. The van der Waals surface area contributed by atoms with Gasteiger partial charge in [0.05, 0.1) is 18.7 Å². The first-order valence-electron chi connectivity index (χ1n) is 10.4. The number of benzene rings is 3. The van der Waals surface area contributed by atoms with Crippen molar-refractivity contribution in [3.63, 3.8) is 0 Å². The Morgan fingerprint density at radius 1 is 1.00 bits per heavy atom. The molecule has 8 nitrogen and oxygen atoms in total. The molecule has 1 fully saturated rings. The highest BCUT2D eigenvalue weighted by molar-refractivity contribution is 6.51. The van der Waals surface area contributed by atoms with Gasteiger partial charge in [-0.2, -0.15) is 0 Å². The van der Waals surface area contributed by atoms with Gasteiger partial charge in [0.2, 0.25) is 5.91 Å². The lowest BCUT2D eigenvalue weighted by Gasteiger charge is -2.26. The third-order valence-electron chi connectivity index (χ3n) is 5.48. The molecule has 1 atom stereocenters. The van der Waals surface area contributed by atoms with Crippen LogP contribution in [0.15, 0.2) is 78.4 Å². The quantitative estimate of drug-likeness (QED) is 0.303. The number of aliphatic hydroxyl groups is 1. The molecule has 172 valence electrons. The third-order valence-corrected chi connectivity index (χ3v) is 5.48. The Morgan fingerprint density at radius 3 is 2.29 bits per heavy atom. The molecule has 34 heavy (non-hydrogen) atoms. The fourth-order valence-electron chi connectivity index (χ4n) is 3.94. The molecule has 0 aliphatic carbocycles. The molecule has 1 heterocycles. The monoisotopic (exact) mass is 458 g/mol. The Kier molecular flexibility index (Phi) is 6.05. The summed E-state index contributed by atoms with van der Waals surface area (Å²) in [5.74, 6) is -2.17. The lowest BCUT2D eigenvalue weighted by Crippen LogP contribution is -2.29. The van der Waals surface area contributed by atoms with E-state index in [0.29, 0.717) is 22.5 Å². The summed E-state index contributed by atoms with van der Waals surface area (Å²) in [4.78, 5) is 39.0. The van der Waals surface area contributed by atoms with Crippen LogP contribution in [0.3, 0.4) is 0 Å². The van der Waals surface area contributed by atoms with Crippen molar-refractivity contribution in [3.05, 3.63) is 89.5 Å². The van der Waals surface area contributed by atoms with Gasteiger partial charge in [-0.15, -0.1) is 0 Å². The maximum Gasteiger partial charge on any atom is 0.300 e. The molecule has 8 heteroatoms. The van der Waals surface area contributed by atoms with Crippen LogP contribution in [-0.2, 0) is 14.4 Å². The highest BCUT2D eigenvalue weighted by Gasteiger charge is 2.47. The van der Waals surface area contributed by atoms with E-state index in [9.17, 15) is 24.6 Å². The molecule has 1 unspecified atom stereocenters. The van der Waals surface area contributed by atoms with Crippen LogP contribution in [0.4, 0.5) is 11.4 Å². The van der Waals surface area contributed by atoms with Gasteiger partial charge in [-0.25, -0.2) is 0 Å². The van der Waals surface area contributed by atoms with Gasteiger partial charge in [-0.1, -0.05) is 36.4 Å². The van der Waals surface area contributed by atoms with Crippen LogP contribution in [0.5, 0.6) is 11.5 Å². The topological polar surface area (TPSA) is 116 Å². The van der Waals surface area contributed by atoms with E-state index in [1.54, 1.807) is 60.7 Å². The number of nitrogens with one attached hydrogen (secondary N) is 1. The Morgan fingerprint density at radius 2 is 1.68 bits per heavy atom. The van der Waals surface area contributed by atoms with E-state index >= 15 is 0 Å². The van der Waals surface area contributed by atoms with Gasteiger partial charge < -0.3 is 20.3 Å². The number of aliphatic hydroxyl groups excluding tert-OH is 1. The largest absolute Gasteiger partial charge is 0.507 e. The number of ether oxygens (including phenoxy) is 1. The van der Waals surface area contributed by atoms with E-state index in [1.807, 2.05) is 0 Å². The van der Waals surface area contributed by atoms with Crippen molar-refractivity contribution in [1.29, 1.82) is 0 Å². The number of methoxy groups -OCH3 is 1. The Bertz CT molecular complexity index is 1300. The number of aromatic hydroxyl groups is 1. The van der Waals surface area contributed by atoms with Gasteiger partial charge in [0, 0.05) is 23.9 Å². The summed E-state index contributed by atoms with van der Waals surface area (Å²) in [6, 6.07) is 18.4. The number of ketones is 1. The number of hydrogen-bond acceptors (Lipinski definition) is 6. The number of hydrogen-bond donors (Lipinski definition) is 3. The first-order chi connectivity index (χ1) is 16.3. The molecule has 0 bridgehead atoms. The molecule has 0 spiro atoms. The number of amides is 2. The normalized spacial score (nSPS) is 17.0. The van der Waals surface area contributed by atoms with Gasteiger partial charge in [-0.05, 0) is 42.0 Å². The molecule has 1 aliphatic heterocycles.